The second-order valence-corrected chi connectivity index (χ2v) is 21.2. The maximum Gasteiger partial charge on any atom is 0.472 e. The maximum atomic E-state index is 12.8. The van der Waals surface area contributed by atoms with Gasteiger partial charge in [0.1, 0.15) is 19.3 Å². The Morgan fingerprint density at radius 2 is 0.676 bits per heavy atom. The van der Waals surface area contributed by atoms with Crippen LogP contribution in [-0.2, 0) is 65.4 Å². The number of unbranched alkanes of at least 4 members (excludes halogenated alkanes) is 21. The van der Waals surface area contributed by atoms with E-state index in [1.165, 1.54) is 32.1 Å². The molecule has 3 N–H and O–H groups in total. The number of esters is 4. The average Bonchev–Trinajstić information content (AvgIpc) is 3.29. The number of aliphatic hydroxyl groups excluding tert-OH is 1. The van der Waals surface area contributed by atoms with Crippen LogP contribution in [0.15, 0.2) is 0 Å². The second-order valence-electron chi connectivity index (χ2n) is 18.3. The third kappa shape index (κ3) is 44.0. The lowest BCUT2D eigenvalue weighted by atomic mass is 10.0. The molecule has 0 rings (SSSR count). The number of aliphatic hydroxyl groups is 1. The van der Waals surface area contributed by atoms with E-state index < -0.39 is 97.5 Å². The highest BCUT2D eigenvalue weighted by molar-refractivity contribution is 7.47. The van der Waals surface area contributed by atoms with Crippen LogP contribution in [0.2, 0.25) is 0 Å². The van der Waals surface area contributed by atoms with Gasteiger partial charge >= 0.3 is 39.5 Å². The predicted molar refractivity (Wildman–Crippen MR) is 262 cm³/mol. The molecule has 0 saturated heterocycles. The van der Waals surface area contributed by atoms with E-state index in [1.807, 2.05) is 0 Å². The number of phosphoric ester groups is 2. The summed E-state index contributed by atoms with van der Waals surface area (Å²) in [7, 11) is -9.83. The van der Waals surface area contributed by atoms with Crippen LogP contribution in [0, 0.1) is 5.92 Å². The van der Waals surface area contributed by atoms with E-state index in [0.29, 0.717) is 25.7 Å². The summed E-state index contributed by atoms with van der Waals surface area (Å²) in [5.41, 5.74) is 0. The van der Waals surface area contributed by atoms with Crippen molar-refractivity contribution in [2.45, 2.75) is 246 Å². The number of rotatable bonds is 49. The molecule has 402 valence electrons. The standard InChI is InChI=1S/C49H94O17P2/c1-6-9-12-15-18-24-28-33-47(52)60-39-45(66-49(54)35-30-25-20-17-16-19-23-26-31-42(4)5)41-64-68(57,58)62-37-43(50)36-61-67(55,56)63-40-44(65-48(53)34-29-22-14-11-8-3)38-59-46(51)32-27-21-13-10-7-2/h42-45,50H,6-41H2,1-5H3,(H,55,56)(H,57,58)/t43-,44+,45+/m0/s1. The molecule has 17 nitrogen and oxygen atoms in total. The van der Waals surface area contributed by atoms with E-state index in [-0.39, 0.29) is 25.7 Å². The lowest BCUT2D eigenvalue weighted by Crippen LogP contribution is -2.30. The number of phosphoric acid groups is 2. The molecular formula is C49H94O17P2. The highest BCUT2D eigenvalue weighted by Gasteiger charge is 2.30. The largest absolute Gasteiger partial charge is 0.472 e. The zero-order valence-electron chi connectivity index (χ0n) is 42.7. The topological polar surface area (TPSA) is 237 Å². The summed E-state index contributed by atoms with van der Waals surface area (Å²) in [5.74, 6) is -1.47. The fraction of sp³-hybridized carbons (Fsp3) is 0.918. The van der Waals surface area contributed by atoms with Crippen molar-refractivity contribution in [3.8, 4) is 0 Å². The van der Waals surface area contributed by atoms with E-state index in [4.69, 9.17) is 37.0 Å². The minimum absolute atomic E-state index is 0.0984. The smallest absolute Gasteiger partial charge is 0.462 e. The molecule has 0 radical (unpaired) electrons. The number of hydrogen-bond acceptors (Lipinski definition) is 15. The van der Waals surface area contributed by atoms with Crippen molar-refractivity contribution in [3.05, 3.63) is 0 Å². The Hall–Kier alpha value is -1.94. The third-order valence-electron chi connectivity index (χ3n) is 11.0. The highest BCUT2D eigenvalue weighted by Crippen LogP contribution is 2.45. The number of hydrogen-bond donors (Lipinski definition) is 3. The molecule has 0 aromatic rings. The molecule has 0 amide bonds. The quantitative estimate of drug-likeness (QED) is 0.0222. The van der Waals surface area contributed by atoms with Gasteiger partial charge in [-0.15, -0.1) is 0 Å². The number of carbonyl (C=O) groups excluding carboxylic acids is 4. The Morgan fingerprint density at radius 3 is 1.00 bits per heavy atom. The van der Waals surface area contributed by atoms with E-state index in [0.717, 1.165) is 115 Å². The van der Waals surface area contributed by atoms with Gasteiger partial charge in [-0.05, 0) is 31.6 Å². The molecule has 0 aromatic carbocycles. The van der Waals surface area contributed by atoms with Gasteiger partial charge in [0.05, 0.1) is 26.4 Å². The van der Waals surface area contributed by atoms with Crippen LogP contribution < -0.4 is 0 Å². The lowest BCUT2D eigenvalue weighted by molar-refractivity contribution is -0.161. The van der Waals surface area contributed by atoms with E-state index in [2.05, 4.69) is 34.6 Å². The average molecular weight is 1020 g/mol. The van der Waals surface area contributed by atoms with Crippen LogP contribution >= 0.6 is 15.6 Å². The number of carbonyl (C=O) groups is 4. The van der Waals surface area contributed by atoms with Crippen molar-refractivity contribution in [3.63, 3.8) is 0 Å². The minimum Gasteiger partial charge on any atom is -0.462 e. The first kappa shape index (κ1) is 66.1. The molecular weight excluding hydrogens is 922 g/mol. The molecule has 0 aliphatic rings. The monoisotopic (exact) mass is 1020 g/mol. The molecule has 0 aliphatic heterocycles. The van der Waals surface area contributed by atoms with Gasteiger partial charge < -0.3 is 33.8 Å². The Labute approximate surface area is 409 Å². The summed E-state index contributed by atoms with van der Waals surface area (Å²) in [4.78, 5) is 70.8. The van der Waals surface area contributed by atoms with Gasteiger partial charge in [-0.1, -0.05) is 176 Å². The van der Waals surface area contributed by atoms with Gasteiger partial charge in [-0.3, -0.25) is 37.3 Å². The van der Waals surface area contributed by atoms with Crippen molar-refractivity contribution in [1.29, 1.82) is 0 Å². The second kappa shape index (κ2) is 43.8. The first-order chi connectivity index (χ1) is 32.5. The maximum absolute atomic E-state index is 12.8. The summed E-state index contributed by atoms with van der Waals surface area (Å²) >= 11 is 0. The molecule has 0 bridgehead atoms. The van der Waals surface area contributed by atoms with Crippen molar-refractivity contribution in [2.24, 2.45) is 5.92 Å². The summed E-state index contributed by atoms with van der Waals surface area (Å²) < 4.78 is 66.8. The van der Waals surface area contributed by atoms with Gasteiger partial charge in [0.15, 0.2) is 12.2 Å². The summed E-state index contributed by atoms with van der Waals surface area (Å²) in [6, 6.07) is 0. The van der Waals surface area contributed by atoms with Crippen LogP contribution in [0.4, 0.5) is 0 Å². The van der Waals surface area contributed by atoms with E-state index in [9.17, 15) is 43.2 Å². The lowest BCUT2D eigenvalue weighted by Gasteiger charge is -2.21. The van der Waals surface area contributed by atoms with Crippen LogP contribution in [-0.4, -0.2) is 96.7 Å². The van der Waals surface area contributed by atoms with Gasteiger partial charge in [0, 0.05) is 25.7 Å². The van der Waals surface area contributed by atoms with Crippen LogP contribution in [0.25, 0.3) is 0 Å². The SMILES string of the molecule is CCCCCCCCCC(=O)OC[C@H](COP(=O)(O)OC[C@@H](O)COP(=O)(O)OC[C@@H](COC(=O)CCCCCCC)OC(=O)CCCCCCC)OC(=O)CCCCCCCCCCC(C)C. The molecule has 0 spiro atoms. The summed E-state index contributed by atoms with van der Waals surface area (Å²) in [6.07, 6.45) is 22.1. The summed E-state index contributed by atoms with van der Waals surface area (Å²) in [5, 5.41) is 10.4. The Morgan fingerprint density at radius 1 is 0.397 bits per heavy atom. The Kier molecular flexibility index (Phi) is 42.6. The first-order valence-electron chi connectivity index (χ1n) is 26.1. The molecule has 0 aromatic heterocycles. The molecule has 0 saturated carbocycles. The molecule has 0 fully saturated rings. The Balaban J connectivity index is 5.14. The molecule has 2 unspecified atom stereocenters. The third-order valence-corrected chi connectivity index (χ3v) is 12.9. The first-order valence-corrected chi connectivity index (χ1v) is 29.1. The van der Waals surface area contributed by atoms with Gasteiger partial charge in [0.25, 0.3) is 0 Å². The van der Waals surface area contributed by atoms with Crippen LogP contribution in [0.5, 0.6) is 0 Å². The molecule has 68 heavy (non-hydrogen) atoms. The van der Waals surface area contributed by atoms with Crippen LogP contribution in [0.3, 0.4) is 0 Å². The normalized spacial score (nSPS) is 14.7. The fourth-order valence-electron chi connectivity index (χ4n) is 6.93. The zero-order valence-corrected chi connectivity index (χ0v) is 44.5. The van der Waals surface area contributed by atoms with Crippen molar-refractivity contribution >= 4 is 39.5 Å². The minimum atomic E-state index is -4.92. The van der Waals surface area contributed by atoms with E-state index >= 15 is 0 Å². The fourth-order valence-corrected chi connectivity index (χ4v) is 8.51. The van der Waals surface area contributed by atoms with Gasteiger partial charge in [-0.2, -0.15) is 0 Å². The Bertz CT molecular complexity index is 1370. The number of ether oxygens (including phenoxy) is 4. The molecule has 0 aliphatic carbocycles. The van der Waals surface area contributed by atoms with Crippen molar-refractivity contribution in [2.75, 3.05) is 39.6 Å². The predicted octanol–water partition coefficient (Wildman–Crippen LogP) is 11.9. The molecule has 0 heterocycles. The van der Waals surface area contributed by atoms with Crippen molar-refractivity contribution in [1.82, 2.24) is 0 Å². The molecule has 5 atom stereocenters. The van der Waals surface area contributed by atoms with Crippen LogP contribution in [0.1, 0.15) is 227 Å². The van der Waals surface area contributed by atoms with Gasteiger partial charge in [0.2, 0.25) is 0 Å². The zero-order chi connectivity index (χ0) is 50.7. The summed E-state index contributed by atoms with van der Waals surface area (Å²) in [6.45, 7) is 6.80. The van der Waals surface area contributed by atoms with Gasteiger partial charge in [-0.25, -0.2) is 9.13 Å². The highest BCUT2D eigenvalue weighted by atomic mass is 31.2. The van der Waals surface area contributed by atoms with Crippen molar-refractivity contribution < 1.29 is 80.2 Å². The van der Waals surface area contributed by atoms with E-state index in [1.54, 1.807) is 0 Å². The molecule has 19 heteroatoms.